The molecule has 0 radical (unpaired) electrons. The fraction of sp³-hybridized carbons (Fsp3) is 0.900. The first-order valence-electron chi connectivity index (χ1n) is 5.45. The summed E-state index contributed by atoms with van der Waals surface area (Å²) < 4.78 is 71.3. The first-order valence-corrected chi connectivity index (χ1v) is 6.50. The molecule has 0 N–H and O–H groups in total. The summed E-state index contributed by atoms with van der Waals surface area (Å²) in [7, 11) is 0. The molecule has 0 saturated carbocycles. The molecule has 0 amide bonds. The molecule has 19 heavy (non-hydrogen) atoms. The summed E-state index contributed by atoms with van der Waals surface area (Å²) in [5.74, 6) is -4.53. The van der Waals surface area contributed by atoms with Gasteiger partial charge in [0.05, 0.1) is 24.5 Å². The summed E-state index contributed by atoms with van der Waals surface area (Å²) in [6.07, 6.45) is -8.03. The third-order valence-electron chi connectivity index (χ3n) is 2.40. The van der Waals surface area contributed by atoms with E-state index in [-0.39, 0.29) is 5.75 Å². The topological polar surface area (TPSA) is 42.2 Å². The predicted molar refractivity (Wildman–Crippen MR) is 57.8 cm³/mol. The number of hydrogen-bond acceptors (Lipinski definition) is 4. The van der Waals surface area contributed by atoms with E-state index in [0.717, 1.165) is 11.8 Å². The van der Waals surface area contributed by atoms with E-state index in [0.29, 0.717) is 13.2 Å². The zero-order valence-corrected chi connectivity index (χ0v) is 10.6. The molecule has 1 unspecified atom stereocenters. The second kappa shape index (κ2) is 6.72. The normalized spacial score (nSPS) is 19.4. The van der Waals surface area contributed by atoms with Crippen molar-refractivity contribution in [1.82, 2.24) is 0 Å². The van der Waals surface area contributed by atoms with E-state index in [4.69, 9.17) is 14.7 Å². The van der Waals surface area contributed by atoms with Crippen LogP contribution in [0, 0.1) is 11.3 Å². The molecule has 110 valence electrons. The Morgan fingerprint density at radius 1 is 1.21 bits per heavy atom. The fourth-order valence-corrected chi connectivity index (χ4v) is 2.28. The van der Waals surface area contributed by atoms with Crippen LogP contribution in [0.1, 0.15) is 12.8 Å². The van der Waals surface area contributed by atoms with E-state index in [2.05, 4.69) is 0 Å². The van der Waals surface area contributed by atoms with Crippen molar-refractivity contribution in [2.24, 2.45) is 0 Å². The van der Waals surface area contributed by atoms with Gasteiger partial charge in [0.1, 0.15) is 0 Å². The van der Waals surface area contributed by atoms with Crippen LogP contribution in [0.2, 0.25) is 0 Å². The lowest BCUT2D eigenvalue weighted by molar-refractivity contribution is -0.284. The molecule has 3 nitrogen and oxygen atoms in total. The fourth-order valence-electron chi connectivity index (χ4n) is 1.34. The van der Waals surface area contributed by atoms with Crippen LogP contribution in [0.3, 0.4) is 0 Å². The van der Waals surface area contributed by atoms with Gasteiger partial charge >= 0.3 is 12.1 Å². The van der Waals surface area contributed by atoms with E-state index in [1.165, 1.54) is 0 Å². The SMILES string of the molecule is N#CC(CCC(F)(F)C(F)(F)F)SCC1OCCO1. The summed E-state index contributed by atoms with van der Waals surface area (Å²) in [6, 6.07) is 1.70. The smallest absolute Gasteiger partial charge is 0.349 e. The van der Waals surface area contributed by atoms with Crippen LogP contribution in [0.4, 0.5) is 22.0 Å². The van der Waals surface area contributed by atoms with Gasteiger partial charge in [-0.2, -0.15) is 27.2 Å². The zero-order valence-electron chi connectivity index (χ0n) is 9.75. The Kier molecular flexibility index (Phi) is 5.82. The molecule has 9 heteroatoms. The number of halogens is 5. The number of thioether (sulfide) groups is 1. The minimum atomic E-state index is -5.57. The van der Waals surface area contributed by atoms with Crippen LogP contribution < -0.4 is 0 Å². The Morgan fingerprint density at radius 2 is 1.79 bits per heavy atom. The number of hydrogen-bond donors (Lipinski definition) is 0. The highest BCUT2D eigenvalue weighted by atomic mass is 32.2. The molecule has 0 aromatic heterocycles. The summed E-state index contributed by atoms with van der Waals surface area (Å²) in [5, 5.41) is 7.78. The minimum absolute atomic E-state index is 0.232. The third-order valence-corrected chi connectivity index (χ3v) is 3.61. The van der Waals surface area contributed by atoms with Crippen LogP contribution in [0.5, 0.6) is 0 Å². The quantitative estimate of drug-likeness (QED) is 0.708. The maximum Gasteiger partial charge on any atom is 0.453 e. The van der Waals surface area contributed by atoms with E-state index >= 15 is 0 Å². The van der Waals surface area contributed by atoms with Crippen LogP contribution in [-0.4, -0.2) is 42.6 Å². The summed E-state index contributed by atoms with van der Waals surface area (Å²) in [4.78, 5) is 0. The standard InChI is InChI=1S/C10H12F5NO2S/c11-9(12,10(13,14)15)2-1-7(5-16)19-6-8-17-3-4-18-8/h7-8H,1-4,6H2. The first-order chi connectivity index (χ1) is 8.76. The number of ether oxygens (including phenoxy) is 2. The molecule has 1 saturated heterocycles. The van der Waals surface area contributed by atoms with E-state index in [1.807, 2.05) is 0 Å². The maximum absolute atomic E-state index is 12.7. The minimum Gasteiger partial charge on any atom is -0.349 e. The molecular weight excluding hydrogens is 293 g/mol. The van der Waals surface area contributed by atoms with Crippen LogP contribution in [-0.2, 0) is 9.47 Å². The van der Waals surface area contributed by atoms with Crippen molar-refractivity contribution in [1.29, 1.82) is 5.26 Å². The first kappa shape index (κ1) is 16.5. The summed E-state index contributed by atoms with van der Waals surface area (Å²) >= 11 is 0.958. The number of nitrogens with zero attached hydrogens (tertiary/aromatic N) is 1. The van der Waals surface area contributed by atoms with Crippen molar-refractivity contribution in [3.05, 3.63) is 0 Å². The van der Waals surface area contributed by atoms with Crippen molar-refractivity contribution >= 4 is 11.8 Å². The Morgan fingerprint density at radius 3 is 2.26 bits per heavy atom. The van der Waals surface area contributed by atoms with Gasteiger partial charge in [-0.05, 0) is 6.42 Å². The van der Waals surface area contributed by atoms with Crippen LogP contribution >= 0.6 is 11.8 Å². The van der Waals surface area contributed by atoms with Crippen LogP contribution in [0.25, 0.3) is 0 Å². The molecule has 1 aliphatic rings. The van der Waals surface area contributed by atoms with Crippen molar-refractivity contribution in [3.8, 4) is 6.07 Å². The molecule has 0 spiro atoms. The molecule has 0 aromatic rings. The maximum atomic E-state index is 12.7. The average Bonchev–Trinajstić information content (AvgIpc) is 2.80. The van der Waals surface area contributed by atoms with Gasteiger partial charge in [0.15, 0.2) is 6.29 Å². The van der Waals surface area contributed by atoms with Gasteiger partial charge in [0, 0.05) is 12.2 Å². The number of rotatable bonds is 6. The van der Waals surface area contributed by atoms with Gasteiger partial charge in [0.25, 0.3) is 0 Å². The molecule has 1 aliphatic heterocycles. The Labute approximate surface area is 111 Å². The van der Waals surface area contributed by atoms with Gasteiger partial charge in [-0.1, -0.05) is 0 Å². The van der Waals surface area contributed by atoms with Crippen molar-refractivity contribution in [3.63, 3.8) is 0 Å². The van der Waals surface area contributed by atoms with Gasteiger partial charge in [-0.3, -0.25) is 0 Å². The number of alkyl halides is 5. The van der Waals surface area contributed by atoms with E-state index in [9.17, 15) is 22.0 Å². The second-order valence-electron chi connectivity index (χ2n) is 3.86. The molecule has 1 heterocycles. The molecule has 1 fully saturated rings. The Balaban J connectivity index is 2.34. The largest absolute Gasteiger partial charge is 0.453 e. The third kappa shape index (κ3) is 5.12. The second-order valence-corrected chi connectivity index (χ2v) is 5.10. The van der Waals surface area contributed by atoms with Gasteiger partial charge in [-0.25, -0.2) is 0 Å². The molecular formula is C10H12F5NO2S. The Bertz CT molecular complexity index is 325. The average molecular weight is 305 g/mol. The molecule has 1 rings (SSSR count). The molecule has 0 aromatic carbocycles. The molecule has 1 atom stereocenters. The van der Waals surface area contributed by atoms with E-state index in [1.54, 1.807) is 6.07 Å². The van der Waals surface area contributed by atoms with E-state index < -0.39 is 36.5 Å². The van der Waals surface area contributed by atoms with Gasteiger partial charge in [-0.15, -0.1) is 11.8 Å². The highest BCUT2D eigenvalue weighted by molar-refractivity contribution is 8.00. The molecule has 0 bridgehead atoms. The van der Waals surface area contributed by atoms with Crippen molar-refractivity contribution in [2.75, 3.05) is 19.0 Å². The van der Waals surface area contributed by atoms with Gasteiger partial charge < -0.3 is 9.47 Å². The van der Waals surface area contributed by atoms with Crippen molar-refractivity contribution < 1.29 is 31.4 Å². The highest BCUT2D eigenvalue weighted by Crippen LogP contribution is 2.39. The molecule has 0 aliphatic carbocycles. The summed E-state index contributed by atoms with van der Waals surface area (Å²) in [5.41, 5.74) is 0. The highest BCUT2D eigenvalue weighted by Gasteiger charge is 2.56. The van der Waals surface area contributed by atoms with Crippen molar-refractivity contribution in [2.45, 2.75) is 36.5 Å². The van der Waals surface area contributed by atoms with Crippen LogP contribution in [0.15, 0.2) is 0 Å². The lowest BCUT2D eigenvalue weighted by Crippen LogP contribution is -2.36. The summed E-state index contributed by atoms with van der Waals surface area (Å²) in [6.45, 7) is 0.823. The lowest BCUT2D eigenvalue weighted by Gasteiger charge is -2.20. The monoisotopic (exact) mass is 305 g/mol. The lowest BCUT2D eigenvalue weighted by atomic mass is 10.1. The zero-order chi connectivity index (χ0) is 14.5. The Hall–Kier alpha value is -0.590. The van der Waals surface area contributed by atoms with Gasteiger partial charge in [0.2, 0.25) is 0 Å². The number of nitriles is 1. The predicted octanol–water partition coefficient (Wildman–Crippen LogP) is 2.96.